The average Bonchev–Trinajstić information content (AvgIpc) is 3.00. The number of para-hydroxylation sites is 1. The molecule has 2 amide bonds. The number of carbonyl (C=O) groups excluding carboxylic acids is 1. The molecule has 128 valence electrons. The van der Waals surface area contributed by atoms with Crippen LogP contribution in [0.3, 0.4) is 0 Å². The first kappa shape index (κ1) is 16.6. The van der Waals surface area contributed by atoms with Gasteiger partial charge in [0.15, 0.2) is 0 Å². The molecule has 0 fully saturated rings. The lowest BCUT2D eigenvalue weighted by Gasteiger charge is -2.19. The van der Waals surface area contributed by atoms with Gasteiger partial charge in [-0.05, 0) is 29.8 Å². The van der Waals surface area contributed by atoms with Gasteiger partial charge in [-0.15, -0.1) is 0 Å². The Morgan fingerprint density at radius 3 is 2.64 bits per heavy atom. The van der Waals surface area contributed by atoms with E-state index in [-0.39, 0.29) is 5.69 Å². The van der Waals surface area contributed by atoms with Gasteiger partial charge in [-0.1, -0.05) is 24.3 Å². The molecule has 2 aromatic carbocycles. The maximum absolute atomic E-state index is 13.7. The molecule has 0 aliphatic carbocycles. The SMILES string of the molecule is Cn1ccnc1[C@H](NC(=O)Nc1ccccc1F)c1cccc(F)c1. The van der Waals surface area contributed by atoms with E-state index in [0.29, 0.717) is 11.4 Å². The number of aryl methyl sites for hydroxylation is 1. The summed E-state index contributed by atoms with van der Waals surface area (Å²) >= 11 is 0. The third-order valence-electron chi connectivity index (χ3n) is 3.70. The van der Waals surface area contributed by atoms with E-state index in [4.69, 9.17) is 0 Å². The zero-order valence-corrected chi connectivity index (χ0v) is 13.4. The Labute approximate surface area is 143 Å². The minimum Gasteiger partial charge on any atom is -0.336 e. The molecule has 3 rings (SSSR count). The molecule has 0 aliphatic rings. The Morgan fingerprint density at radius 2 is 1.96 bits per heavy atom. The second-order valence-corrected chi connectivity index (χ2v) is 5.46. The molecule has 1 heterocycles. The topological polar surface area (TPSA) is 59.0 Å². The van der Waals surface area contributed by atoms with Crippen molar-refractivity contribution in [1.82, 2.24) is 14.9 Å². The maximum Gasteiger partial charge on any atom is 0.320 e. The first-order chi connectivity index (χ1) is 12.0. The number of amides is 2. The molecular formula is C18H16F2N4O. The van der Waals surface area contributed by atoms with Crippen molar-refractivity contribution < 1.29 is 13.6 Å². The first-order valence-electron chi connectivity index (χ1n) is 7.59. The van der Waals surface area contributed by atoms with Crippen LogP contribution in [0.5, 0.6) is 0 Å². The Balaban J connectivity index is 1.87. The number of benzene rings is 2. The van der Waals surface area contributed by atoms with Crippen molar-refractivity contribution in [2.24, 2.45) is 7.05 Å². The molecule has 2 N–H and O–H groups in total. The molecule has 7 heteroatoms. The van der Waals surface area contributed by atoms with Crippen LogP contribution >= 0.6 is 0 Å². The summed E-state index contributed by atoms with van der Waals surface area (Å²) in [4.78, 5) is 16.5. The fourth-order valence-corrected chi connectivity index (χ4v) is 2.49. The number of carbonyl (C=O) groups is 1. The smallest absolute Gasteiger partial charge is 0.320 e. The Kier molecular flexibility index (Phi) is 4.74. The van der Waals surface area contributed by atoms with Gasteiger partial charge < -0.3 is 15.2 Å². The van der Waals surface area contributed by atoms with Crippen LogP contribution in [0, 0.1) is 11.6 Å². The van der Waals surface area contributed by atoms with Gasteiger partial charge in [0.2, 0.25) is 0 Å². The number of imidazole rings is 1. The number of urea groups is 1. The Hall–Kier alpha value is -3.22. The van der Waals surface area contributed by atoms with Crippen LogP contribution in [0.2, 0.25) is 0 Å². The number of anilines is 1. The van der Waals surface area contributed by atoms with Crippen molar-refractivity contribution >= 4 is 11.7 Å². The third kappa shape index (κ3) is 3.82. The van der Waals surface area contributed by atoms with Crippen LogP contribution in [-0.2, 0) is 7.05 Å². The highest BCUT2D eigenvalue weighted by molar-refractivity contribution is 5.89. The summed E-state index contributed by atoms with van der Waals surface area (Å²) in [5, 5.41) is 5.16. The second-order valence-electron chi connectivity index (χ2n) is 5.46. The zero-order valence-electron chi connectivity index (χ0n) is 13.4. The summed E-state index contributed by atoms with van der Waals surface area (Å²) in [6.07, 6.45) is 3.30. The molecule has 0 radical (unpaired) electrons. The first-order valence-corrected chi connectivity index (χ1v) is 7.59. The van der Waals surface area contributed by atoms with Crippen LogP contribution in [-0.4, -0.2) is 15.6 Å². The third-order valence-corrected chi connectivity index (χ3v) is 3.70. The van der Waals surface area contributed by atoms with E-state index in [9.17, 15) is 13.6 Å². The molecule has 25 heavy (non-hydrogen) atoms. The number of hydrogen-bond acceptors (Lipinski definition) is 2. The second kappa shape index (κ2) is 7.12. The van der Waals surface area contributed by atoms with Gasteiger partial charge in [-0.3, -0.25) is 0 Å². The van der Waals surface area contributed by atoms with E-state index < -0.39 is 23.7 Å². The average molecular weight is 342 g/mol. The molecule has 1 aromatic heterocycles. The number of rotatable bonds is 4. The number of nitrogens with zero attached hydrogens (tertiary/aromatic N) is 2. The van der Waals surface area contributed by atoms with Crippen molar-refractivity contribution in [3.8, 4) is 0 Å². The van der Waals surface area contributed by atoms with E-state index in [1.54, 1.807) is 42.2 Å². The number of aromatic nitrogens is 2. The monoisotopic (exact) mass is 342 g/mol. The highest BCUT2D eigenvalue weighted by Gasteiger charge is 2.21. The van der Waals surface area contributed by atoms with E-state index >= 15 is 0 Å². The summed E-state index contributed by atoms with van der Waals surface area (Å²) in [6, 6.07) is 10.4. The van der Waals surface area contributed by atoms with Crippen molar-refractivity contribution in [3.05, 3.63) is 83.9 Å². The van der Waals surface area contributed by atoms with Crippen LogP contribution in [0.25, 0.3) is 0 Å². The molecule has 0 aliphatic heterocycles. The Bertz CT molecular complexity index is 894. The molecule has 0 unspecified atom stereocenters. The minimum atomic E-state index is -0.692. The van der Waals surface area contributed by atoms with E-state index in [0.717, 1.165) is 0 Å². The molecule has 0 spiro atoms. The van der Waals surface area contributed by atoms with Gasteiger partial charge in [0.25, 0.3) is 0 Å². The van der Waals surface area contributed by atoms with Crippen molar-refractivity contribution in [3.63, 3.8) is 0 Å². The van der Waals surface area contributed by atoms with Gasteiger partial charge >= 0.3 is 6.03 Å². The highest BCUT2D eigenvalue weighted by Crippen LogP contribution is 2.22. The van der Waals surface area contributed by atoms with E-state index in [1.807, 2.05) is 0 Å². The van der Waals surface area contributed by atoms with Crippen LogP contribution in [0.1, 0.15) is 17.4 Å². The lowest BCUT2D eigenvalue weighted by molar-refractivity contribution is 0.249. The van der Waals surface area contributed by atoms with Gasteiger partial charge in [-0.25, -0.2) is 18.6 Å². The quantitative estimate of drug-likeness (QED) is 0.761. The van der Waals surface area contributed by atoms with Crippen LogP contribution < -0.4 is 10.6 Å². The molecule has 0 saturated heterocycles. The highest BCUT2D eigenvalue weighted by atomic mass is 19.1. The van der Waals surface area contributed by atoms with Gasteiger partial charge in [0.05, 0.1) is 5.69 Å². The summed E-state index contributed by atoms with van der Waals surface area (Å²) in [5.74, 6) is -0.445. The van der Waals surface area contributed by atoms with Crippen LogP contribution in [0.15, 0.2) is 60.9 Å². The standard InChI is InChI=1S/C18H16F2N4O/c1-24-10-9-21-17(24)16(12-5-4-6-13(19)11-12)23-18(25)22-15-8-3-2-7-14(15)20/h2-11,16H,1H3,(H2,22,23,25)/t16-/m1/s1. The molecule has 0 saturated carbocycles. The minimum absolute atomic E-state index is 0.0535. The summed E-state index contributed by atoms with van der Waals surface area (Å²) in [6.45, 7) is 0. The number of halogens is 2. The van der Waals surface area contributed by atoms with Gasteiger partial charge in [-0.2, -0.15) is 0 Å². The molecular weight excluding hydrogens is 326 g/mol. The van der Waals surface area contributed by atoms with Gasteiger partial charge in [0.1, 0.15) is 23.5 Å². The molecule has 1 atom stereocenters. The maximum atomic E-state index is 13.7. The molecule has 3 aromatic rings. The van der Waals surface area contributed by atoms with Crippen LogP contribution in [0.4, 0.5) is 19.3 Å². The van der Waals surface area contributed by atoms with Crippen molar-refractivity contribution in [1.29, 1.82) is 0 Å². The Morgan fingerprint density at radius 1 is 1.16 bits per heavy atom. The van der Waals surface area contributed by atoms with E-state index in [1.165, 1.54) is 30.3 Å². The predicted octanol–water partition coefficient (Wildman–Crippen LogP) is 3.61. The zero-order chi connectivity index (χ0) is 17.8. The summed E-state index contributed by atoms with van der Waals surface area (Å²) in [5.41, 5.74) is 0.579. The predicted molar refractivity (Wildman–Crippen MR) is 90.0 cm³/mol. The summed E-state index contributed by atoms with van der Waals surface area (Å²) < 4.78 is 29.0. The molecule has 0 bridgehead atoms. The lowest BCUT2D eigenvalue weighted by Crippen LogP contribution is -2.34. The molecule has 5 nitrogen and oxygen atoms in total. The fraction of sp³-hybridized carbons (Fsp3) is 0.111. The van der Waals surface area contributed by atoms with E-state index in [2.05, 4.69) is 15.6 Å². The number of hydrogen-bond donors (Lipinski definition) is 2. The normalized spacial score (nSPS) is 11.8. The largest absolute Gasteiger partial charge is 0.336 e. The summed E-state index contributed by atoms with van der Waals surface area (Å²) in [7, 11) is 1.77. The number of nitrogens with one attached hydrogen (secondary N) is 2. The van der Waals surface area contributed by atoms with Gasteiger partial charge in [0, 0.05) is 19.4 Å². The lowest BCUT2D eigenvalue weighted by atomic mass is 10.1. The fourth-order valence-electron chi connectivity index (χ4n) is 2.49. The van der Waals surface area contributed by atoms with Crippen molar-refractivity contribution in [2.75, 3.05) is 5.32 Å². The van der Waals surface area contributed by atoms with Crippen molar-refractivity contribution in [2.45, 2.75) is 6.04 Å².